The van der Waals surface area contributed by atoms with Crippen molar-refractivity contribution in [1.82, 2.24) is 15.0 Å². The molecule has 7 heteroatoms. The Morgan fingerprint density at radius 1 is 1.19 bits per heavy atom. The van der Waals surface area contributed by atoms with Crippen molar-refractivity contribution in [3.8, 4) is 0 Å². The van der Waals surface area contributed by atoms with E-state index in [0.717, 1.165) is 16.5 Å². The van der Waals surface area contributed by atoms with E-state index in [1.165, 1.54) is 10.7 Å². The molecule has 26 heavy (non-hydrogen) atoms. The molecule has 4 rings (SSSR count). The van der Waals surface area contributed by atoms with Crippen LogP contribution in [0.3, 0.4) is 0 Å². The largest absolute Gasteiger partial charge is 0.459 e. The fourth-order valence-electron chi connectivity index (χ4n) is 2.82. The zero-order valence-corrected chi connectivity index (χ0v) is 14.0. The van der Waals surface area contributed by atoms with Crippen molar-refractivity contribution in [3.63, 3.8) is 0 Å². The number of hydrogen-bond acceptors (Lipinski definition) is 6. The second kappa shape index (κ2) is 6.44. The molecule has 0 aliphatic carbocycles. The molecule has 0 bridgehead atoms. The van der Waals surface area contributed by atoms with E-state index in [2.05, 4.69) is 10.3 Å². The summed E-state index contributed by atoms with van der Waals surface area (Å²) in [5, 5.41) is 8.71. The molecule has 0 unspecified atom stereocenters. The summed E-state index contributed by atoms with van der Waals surface area (Å²) >= 11 is 0. The molecule has 0 fully saturated rings. The van der Waals surface area contributed by atoms with Crippen molar-refractivity contribution < 1.29 is 13.9 Å². The number of carbonyl (C=O) groups is 1. The molecule has 130 valence electrons. The Morgan fingerprint density at radius 3 is 2.92 bits per heavy atom. The van der Waals surface area contributed by atoms with Crippen LogP contribution in [0.25, 0.3) is 22.0 Å². The maximum atomic E-state index is 12.2. The van der Waals surface area contributed by atoms with Crippen molar-refractivity contribution in [2.24, 2.45) is 0 Å². The third-order valence-electron chi connectivity index (χ3n) is 4.07. The van der Waals surface area contributed by atoms with Crippen molar-refractivity contribution >= 4 is 28.0 Å². The van der Waals surface area contributed by atoms with E-state index in [9.17, 15) is 9.59 Å². The maximum absolute atomic E-state index is 12.2. The monoisotopic (exact) mass is 349 g/mol. The molecule has 0 spiro atoms. The van der Waals surface area contributed by atoms with Gasteiger partial charge in [-0.2, -0.15) is 0 Å². The van der Waals surface area contributed by atoms with Crippen LogP contribution in [0.1, 0.15) is 11.1 Å². The number of fused-ring (bicyclic) bond motifs is 2. The topological polar surface area (TPSA) is 87.2 Å². The minimum Gasteiger partial charge on any atom is -0.459 e. The molecule has 0 atom stereocenters. The Kier molecular flexibility index (Phi) is 3.96. The maximum Gasteiger partial charge on any atom is 0.336 e. The predicted molar refractivity (Wildman–Crippen MR) is 94.5 cm³/mol. The number of esters is 1. The lowest BCUT2D eigenvalue weighted by Gasteiger charge is -2.08. The van der Waals surface area contributed by atoms with Gasteiger partial charge in [0, 0.05) is 17.0 Å². The van der Waals surface area contributed by atoms with Gasteiger partial charge in [-0.05, 0) is 30.7 Å². The van der Waals surface area contributed by atoms with E-state index in [-0.39, 0.29) is 13.2 Å². The lowest BCUT2D eigenvalue weighted by Crippen LogP contribution is -2.15. The van der Waals surface area contributed by atoms with Gasteiger partial charge in [-0.1, -0.05) is 29.5 Å². The Labute approximate surface area is 147 Å². The van der Waals surface area contributed by atoms with Crippen molar-refractivity contribution in [2.45, 2.75) is 20.1 Å². The van der Waals surface area contributed by atoms with E-state index in [1.807, 2.05) is 43.3 Å². The number of benzene rings is 2. The molecular weight excluding hydrogens is 334 g/mol. The third kappa shape index (κ3) is 3.06. The summed E-state index contributed by atoms with van der Waals surface area (Å²) < 4.78 is 12.0. The fourth-order valence-corrected chi connectivity index (χ4v) is 2.82. The summed E-state index contributed by atoms with van der Waals surface area (Å²) in [5.74, 6) is -0.464. The smallest absolute Gasteiger partial charge is 0.336 e. The Bertz CT molecular complexity index is 1180. The van der Waals surface area contributed by atoms with Crippen LogP contribution in [0.2, 0.25) is 0 Å². The van der Waals surface area contributed by atoms with Crippen LogP contribution >= 0.6 is 0 Å². The predicted octanol–water partition coefficient (Wildman–Crippen LogP) is 2.59. The van der Waals surface area contributed by atoms with Crippen LogP contribution in [0.15, 0.2) is 57.7 Å². The van der Waals surface area contributed by atoms with Gasteiger partial charge in [-0.25, -0.2) is 9.48 Å². The first-order chi connectivity index (χ1) is 12.6. The quantitative estimate of drug-likeness (QED) is 0.416. The van der Waals surface area contributed by atoms with E-state index >= 15 is 0 Å². The first kappa shape index (κ1) is 16.0. The molecule has 0 aliphatic rings. The number of hydrogen-bond donors (Lipinski definition) is 0. The molecule has 7 nitrogen and oxygen atoms in total. The van der Waals surface area contributed by atoms with Crippen molar-refractivity contribution in [1.29, 1.82) is 0 Å². The van der Waals surface area contributed by atoms with Crippen molar-refractivity contribution in [2.75, 3.05) is 0 Å². The highest BCUT2D eigenvalue weighted by molar-refractivity contribution is 5.81. The Morgan fingerprint density at radius 2 is 2.04 bits per heavy atom. The summed E-state index contributed by atoms with van der Waals surface area (Å²) in [7, 11) is 0. The summed E-state index contributed by atoms with van der Waals surface area (Å²) in [6.45, 7) is 1.84. The van der Waals surface area contributed by atoms with Gasteiger partial charge in [-0.15, -0.1) is 5.10 Å². The molecule has 0 amide bonds. The van der Waals surface area contributed by atoms with Gasteiger partial charge < -0.3 is 9.15 Å². The summed E-state index contributed by atoms with van der Waals surface area (Å²) in [6, 6.07) is 14.2. The average molecular weight is 349 g/mol. The number of aromatic nitrogens is 3. The van der Waals surface area contributed by atoms with Crippen LogP contribution in [0, 0.1) is 6.92 Å². The first-order valence-corrected chi connectivity index (χ1v) is 8.07. The summed E-state index contributed by atoms with van der Waals surface area (Å²) in [5.41, 5.74) is 3.05. The van der Waals surface area contributed by atoms with Gasteiger partial charge >= 0.3 is 11.6 Å². The van der Waals surface area contributed by atoms with Crippen LogP contribution in [-0.4, -0.2) is 21.0 Å². The lowest BCUT2D eigenvalue weighted by atomic mass is 10.1. The second-order valence-electron chi connectivity index (χ2n) is 5.99. The van der Waals surface area contributed by atoms with E-state index in [1.54, 1.807) is 6.07 Å². The van der Waals surface area contributed by atoms with Gasteiger partial charge in [0.05, 0.1) is 5.52 Å². The minimum atomic E-state index is -0.476. The van der Waals surface area contributed by atoms with Gasteiger partial charge in [0.15, 0.2) is 0 Å². The highest BCUT2D eigenvalue weighted by Crippen LogP contribution is 2.19. The number of nitrogens with zero attached hydrogens (tertiary/aromatic N) is 3. The zero-order valence-electron chi connectivity index (χ0n) is 14.0. The van der Waals surface area contributed by atoms with Gasteiger partial charge in [0.2, 0.25) is 0 Å². The number of para-hydroxylation sites is 1. The molecule has 2 aromatic carbocycles. The Hall–Kier alpha value is -3.48. The molecule has 2 aromatic heterocycles. The van der Waals surface area contributed by atoms with Crippen molar-refractivity contribution in [3.05, 3.63) is 70.1 Å². The van der Waals surface area contributed by atoms with Crippen LogP contribution in [0.4, 0.5) is 0 Å². The molecule has 0 aliphatic heterocycles. The number of ether oxygens (including phenoxy) is 1. The molecular formula is C19H15N3O4. The summed E-state index contributed by atoms with van der Waals surface area (Å²) in [4.78, 5) is 23.9. The second-order valence-corrected chi connectivity index (χ2v) is 5.99. The normalized spacial score (nSPS) is 11.1. The highest BCUT2D eigenvalue weighted by Gasteiger charge is 2.12. The first-order valence-electron chi connectivity index (χ1n) is 8.07. The molecule has 4 aromatic rings. The van der Waals surface area contributed by atoms with Crippen LogP contribution < -0.4 is 5.63 Å². The van der Waals surface area contributed by atoms with Gasteiger partial charge in [0.25, 0.3) is 0 Å². The van der Waals surface area contributed by atoms with Crippen LogP contribution in [0.5, 0.6) is 0 Å². The van der Waals surface area contributed by atoms with E-state index in [0.29, 0.717) is 16.7 Å². The minimum absolute atomic E-state index is 0.0172. The Balaban J connectivity index is 1.53. The standard InChI is InChI=1S/C19H15N3O4/c1-12-6-7-14-13(9-18(23)26-17(14)8-12)11-25-19(24)10-22-16-5-3-2-4-15(16)20-21-22/h2-9H,10-11H2,1H3. The SMILES string of the molecule is Cc1ccc2c(COC(=O)Cn3nnc4ccccc43)cc(=O)oc2c1. The fraction of sp³-hybridized carbons (Fsp3) is 0.158. The molecule has 0 saturated carbocycles. The number of carbonyl (C=O) groups excluding carboxylic acids is 1. The molecule has 2 heterocycles. The van der Waals surface area contributed by atoms with E-state index in [4.69, 9.17) is 9.15 Å². The molecule has 0 radical (unpaired) electrons. The van der Waals surface area contributed by atoms with Crippen LogP contribution in [-0.2, 0) is 22.7 Å². The van der Waals surface area contributed by atoms with Gasteiger partial charge in [-0.3, -0.25) is 4.79 Å². The number of aryl methyl sites for hydroxylation is 1. The molecule has 0 N–H and O–H groups in total. The molecule has 0 saturated heterocycles. The van der Waals surface area contributed by atoms with Gasteiger partial charge in [0.1, 0.15) is 24.3 Å². The number of rotatable bonds is 4. The summed E-state index contributed by atoms with van der Waals surface area (Å²) in [6.07, 6.45) is 0. The average Bonchev–Trinajstić information content (AvgIpc) is 3.02. The lowest BCUT2D eigenvalue weighted by molar-refractivity contribution is -0.145. The third-order valence-corrected chi connectivity index (χ3v) is 4.07. The highest BCUT2D eigenvalue weighted by atomic mass is 16.5. The zero-order chi connectivity index (χ0) is 18.1. The van der Waals surface area contributed by atoms with E-state index < -0.39 is 11.6 Å².